The Bertz CT molecular complexity index is 1350. The van der Waals surface area contributed by atoms with Gasteiger partial charge in [-0.3, -0.25) is 4.79 Å². The molecule has 3 aromatic carbocycles. The predicted molar refractivity (Wildman–Crippen MR) is 111 cm³/mol. The molecule has 30 heavy (non-hydrogen) atoms. The van der Waals surface area contributed by atoms with Crippen molar-refractivity contribution < 1.29 is 19.4 Å². The zero-order valence-corrected chi connectivity index (χ0v) is 15.8. The topological polar surface area (TPSA) is 118 Å². The Hall–Kier alpha value is -4.31. The maximum atomic E-state index is 12.1. The number of hydrogen-bond acceptors (Lipinski definition) is 4. The van der Waals surface area contributed by atoms with Crippen LogP contribution in [0.15, 0.2) is 60.7 Å². The van der Waals surface area contributed by atoms with E-state index in [9.17, 15) is 14.9 Å². The van der Waals surface area contributed by atoms with Gasteiger partial charge in [0, 0.05) is 17.5 Å². The van der Waals surface area contributed by atoms with Crippen molar-refractivity contribution in [2.24, 2.45) is 5.73 Å². The highest BCUT2D eigenvalue weighted by atomic mass is 16.5. The van der Waals surface area contributed by atoms with Gasteiger partial charge in [0.25, 0.3) is 0 Å². The number of carbonyl (C=O) groups excluding carboxylic acids is 1. The van der Waals surface area contributed by atoms with Gasteiger partial charge in [-0.15, -0.1) is 0 Å². The fourth-order valence-electron chi connectivity index (χ4n) is 3.71. The first-order valence-corrected chi connectivity index (χ1v) is 9.17. The summed E-state index contributed by atoms with van der Waals surface area (Å²) >= 11 is 0. The molecule has 1 amide bonds. The minimum absolute atomic E-state index is 0.327. The number of hydrogen-bond donors (Lipinski definition) is 2. The number of carboxylic acids is 1. The van der Waals surface area contributed by atoms with Crippen LogP contribution in [0.1, 0.15) is 21.5 Å². The largest absolute Gasteiger partial charge is 0.481 e. The van der Waals surface area contributed by atoms with Crippen LogP contribution in [0.4, 0.5) is 0 Å². The van der Waals surface area contributed by atoms with E-state index in [1.54, 1.807) is 36.4 Å². The van der Waals surface area contributed by atoms with Gasteiger partial charge < -0.3 is 20.1 Å². The summed E-state index contributed by atoms with van der Waals surface area (Å²) in [5.41, 5.74) is 8.94. The molecule has 0 aliphatic rings. The van der Waals surface area contributed by atoms with Crippen LogP contribution in [0.25, 0.3) is 21.8 Å². The number of carboxylic acid groups (broad SMARTS) is 1. The van der Waals surface area contributed by atoms with Gasteiger partial charge in [-0.2, -0.15) is 5.26 Å². The molecular weight excluding hydrogens is 382 g/mol. The van der Waals surface area contributed by atoms with Gasteiger partial charge in [0.2, 0.25) is 5.91 Å². The van der Waals surface area contributed by atoms with Crippen molar-refractivity contribution in [2.45, 2.75) is 6.54 Å². The van der Waals surface area contributed by atoms with Crippen molar-refractivity contribution in [3.8, 4) is 11.8 Å². The summed E-state index contributed by atoms with van der Waals surface area (Å²) in [4.78, 5) is 23.2. The predicted octanol–water partition coefficient (Wildman–Crippen LogP) is 3.28. The van der Waals surface area contributed by atoms with E-state index in [1.165, 1.54) is 0 Å². The number of carbonyl (C=O) groups is 2. The van der Waals surface area contributed by atoms with E-state index < -0.39 is 18.5 Å². The summed E-state index contributed by atoms with van der Waals surface area (Å²) in [6.07, 6.45) is 0. The van der Waals surface area contributed by atoms with Gasteiger partial charge >= 0.3 is 5.97 Å². The third kappa shape index (κ3) is 3.31. The lowest BCUT2D eigenvalue weighted by Crippen LogP contribution is -2.11. The summed E-state index contributed by atoms with van der Waals surface area (Å²) in [5, 5.41) is 19.5. The quantitative estimate of drug-likeness (QED) is 0.516. The monoisotopic (exact) mass is 399 g/mol. The lowest BCUT2D eigenvalue weighted by molar-refractivity contribution is -0.139. The minimum atomic E-state index is -1.10. The molecular formula is C23H17N3O4. The Kier molecular flexibility index (Phi) is 4.82. The zero-order valence-electron chi connectivity index (χ0n) is 15.8. The molecule has 0 spiro atoms. The molecule has 7 nitrogen and oxygen atoms in total. The molecule has 148 valence electrons. The van der Waals surface area contributed by atoms with Crippen molar-refractivity contribution in [1.82, 2.24) is 4.57 Å². The summed E-state index contributed by atoms with van der Waals surface area (Å²) in [6, 6.07) is 20.0. The first-order chi connectivity index (χ1) is 14.5. The molecule has 3 N–H and O–H groups in total. The van der Waals surface area contributed by atoms with E-state index in [-0.39, 0.29) is 0 Å². The van der Waals surface area contributed by atoms with Crippen LogP contribution in [0.3, 0.4) is 0 Å². The Balaban J connectivity index is 2.00. The number of rotatable bonds is 6. The summed E-state index contributed by atoms with van der Waals surface area (Å²) in [5.74, 6) is -1.32. The van der Waals surface area contributed by atoms with Gasteiger partial charge in [-0.1, -0.05) is 24.3 Å². The van der Waals surface area contributed by atoms with Crippen molar-refractivity contribution in [3.63, 3.8) is 0 Å². The fourth-order valence-corrected chi connectivity index (χ4v) is 3.71. The second-order valence-corrected chi connectivity index (χ2v) is 6.79. The number of nitriles is 1. The maximum Gasteiger partial charge on any atom is 0.341 e. The molecule has 0 saturated heterocycles. The van der Waals surface area contributed by atoms with Crippen LogP contribution in [0.5, 0.6) is 5.75 Å². The molecule has 0 aliphatic carbocycles. The van der Waals surface area contributed by atoms with E-state index in [2.05, 4.69) is 6.07 Å². The second kappa shape index (κ2) is 7.60. The molecule has 4 aromatic rings. The molecule has 1 heterocycles. The Morgan fingerprint density at radius 3 is 2.43 bits per heavy atom. The van der Waals surface area contributed by atoms with Gasteiger partial charge in [0.05, 0.1) is 28.1 Å². The van der Waals surface area contributed by atoms with Crippen molar-refractivity contribution >= 4 is 33.7 Å². The normalized spacial score (nSPS) is 10.8. The maximum absolute atomic E-state index is 12.1. The fraction of sp³-hybridized carbons (Fsp3) is 0.0870. The van der Waals surface area contributed by atoms with E-state index >= 15 is 0 Å². The van der Waals surface area contributed by atoms with Crippen LogP contribution in [-0.4, -0.2) is 28.2 Å². The highest BCUT2D eigenvalue weighted by Gasteiger charge is 2.20. The average Bonchev–Trinajstić information content (AvgIpc) is 3.06. The standard InChI is InChI=1S/C23H17N3O4/c24-11-14-4-1-5-15(10-14)12-26-17-7-2-6-16(23(25)29)21(17)22-18(26)8-3-9-19(22)30-13-20(27)28/h1-10H,12-13H2,(H2,25,29)(H,27,28). The molecule has 7 heteroatoms. The number of nitrogens with two attached hydrogens (primary N) is 1. The van der Waals surface area contributed by atoms with Crippen LogP contribution in [0, 0.1) is 11.3 Å². The number of benzene rings is 3. The number of aromatic nitrogens is 1. The van der Waals surface area contributed by atoms with E-state index in [1.807, 2.05) is 28.8 Å². The zero-order chi connectivity index (χ0) is 21.3. The van der Waals surface area contributed by atoms with Crippen molar-refractivity contribution in [2.75, 3.05) is 6.61 Å². The lowest BCUT2D eigenvalue weighted by atomic mass is 10.1. The third-order valence-electron chi connectivity index (χ3n) is 4.89. The lowest BCUT2D eigenvalue weighted by Gasteiger charge is -2.09. The highest BCUT2D eigenvalue weighted by molar-refractivity contribution is 6.19. The molecule has 4 rings (SSSR count). The number of fused-ring (bicyclic) bond motifs is 3. The average molecular weight is 399 g/mol. The molecule has 0 bridgehead atoms. The molecule has 0 atom stereocenters. The summed E-state index contributed by atoms with van der Waals surface area (Å²) in [6.45, 7) is -0.0607. The number of amides is 1. The number of aliphatic carboxylic acids is 1. The minimum Gasteiger partial charge on any atom is -0.481 e. The van der Waals surface area contributed by atoms with Gasteiger partial charge in [0.1, 0.15) is 5.75 Å². The van der Waals surface area contributed by atoms with Crippen LogP contribution < -0.4 is 10.5 Å². The SMILES string of the molecule is N#Cc1cccc(Cn2c3cccc(OCC(=O)O)c3c3c(C(N)=O)cccc32)c1. The smallest absolute Gasteiger partial charge is 0.341 e. The molecule has 1 aromatic heterocycles. The van der Waals surface area contributed by atoms with E-state index in [4.69, 9.17) is 15.6 Å². The number of nitrogens with zero attached hydrogens (tertiary/aromatic N) is 2. The summed E-state index contributed by atoms with van der Waals surface area (Å²) in [7, 11) is 0. The second-order valence-electron chi connectivity index (χ2n) is 6.79. The van der Waals surface area contributed by atoms with Gasteiger partial charge in [0.15, 0.2) is 6.61 Å². The number of ether oxygens (including phenoxy) is 1. The Morgan fingerprint density at radius 2 is 1.73 bits per heavy atom. The number of primary amides is 1. The van der Waals surface area contributed by atoms with Crippen LogP contribution >= 0.6 is 0 Å². The molecule has 0 radical (unpaired) electrons. The summed E-state index contributed by atoms with van der Waals surface area (Å²) < 4.78 is 7.52. The van der Waals surface area contributed by atoms with Gasteiger partial charge in [-0.25, -0.2) is 4.79 Å². The van der Waals surface area contributed by atoms with Crippen LogP contribution in [-0.2, 0) is 11.3 Å². The van der Waals surface area contributed by atoms with Gasteiger partial charge in [-0.05, 0) is 42.0 Å². The third-order valence-corrected chi connectivity index (χ3v) is 4.89. The molecule has 0 saturated carbocycles. The first kappa shape index (κ1) is 19.0. The first-order valence-electron chi connectivity index (χ1n) is 9.17. The Labute approximate surface area is 171 Å². The van der Waals surface area contributed by atoms with E-state index in [0.29, 0.717) is 34.2 Å². The highest BCUT2D eigenvalue weighted by Crippen LogP contribution is 2.38. The molecule has 0 fully saturated rings. The van der Waals surface area contributed by atoms with Crippen LogP contribution in [0.2, 0.25) is 0 Å². The molecule has 0 aliphatic heterocycles. The Morgan fingerprint density at radius 1 is 1.03 bits per heavy atom. The molecule has 0 unspecified atom stereocenters. The van der Waals surface area contributed by atoms with E-state index in [0.717, 1.165) is 16.6 Å². The van der Waals surface area contributed by atoms with Crippen molar-refractivity contribution in [1.29, 1.82) is 5.26 Å². The van der Waals surface area contributed by atoms with Crippen molar-refractivity contribution in [3.05, 3.63) is 77.4 Å².